The van der Waals surface area contributed by atoms with Gasteiger partial charge >= 0.3 is 0 Å². The highest BCUT2D eigenvalue weighted by Gasteiger charge is 2.33. The lowest BCUT2D eigenvalue weighted by molar-refractivity contribution is -0.140. The molecule has 0 aliphatic carbocycles. The van der Waals surface area contributed by atoms with Crippen molar-refractivity contribution in [2.75, 3.05) is 23.7 Å². The Hall–Kier alpha value is -3.36. The monoisotopic (exact) mass is 541 g/mol. The van der Waals surface area contributed by atoms with Crippen LogP contribution in [0.2, 0.25) is 5.02 Å². The second kappa shape index (κ2) is 13.3. The molecular weight excluding hydrogens is 510 g/mol. The van der Waals surface area contributed by atoms with Crippen LogP contribution in [-0.4, -0.2) is 50.5 Å². The van der Waals surface area contributed by atoms with Crippen molar-refractivity contribution in [2.45, 2.75) is 32.4 Å². The zero-order valence-corrected chi connectivity index (χ0v) is 22.6. The molecule has 2 amide bonds. The highest BCUT2D eigenvalue weighted by Crippen LogP contribution is 2.27. The molecule has 7 nitrogen and oxygen atoms in total. The van der Waals surface area contributed by atoms with Crippen LogP contribution in [-0.2, 0) is 32.6 Å². The van der Waals surface area contributed by atoms with E-state index in [-0.39, 0.29) is 29.6 Å². The zero-order chi connectivity index (χ0) is 26.8. The van der Waals surface area contributed by atoms with Crippen molar-refractivity contribution >= 4 is 39.1 Å². The van der Waals surface area contributed by atoms with E-state index in [4.69, 9.17) is 11.6 Å². The van der Waals surface area contributed by atoms with E-state index < -0.39 is 28.5 Å². The van der Waals surface area contributed by atoms with Gasteiger partial charge in [0.15, 0.2) is 0 Å². The number of carbonyl (C=O) groups is 2. The van der Waals surface area contributed by atoms with Crippen LogP contribution in [0.3, 0.4) is 0 Å². The first-order chi connectivity index (χ1) is 17.7. The van der Waals surface area contributed by atoms with Crippen LogP contribution in [0.1, 0.15) is 24.5 Å². The average molecular weight is 542 g/mol. The van der Waals surface area contributed by atoms with Gasteiger partial charge in [0.2, 0.25) is 21.8 Å². The summed E-state index contributed by atoms with van der Waals surface area (Å²) >= 11 is 6.30. The Morgan fingerprint density at radius 2 is 1.46 bits per heavy atom. The van der Waals surface area contributed by atoms with E-state index in [9.17, 15) is 18.0 Å². The molecule has 3 aromatic carbocycles. The van der Waals surface area contributed by atoms with Crippen molar-refractivity contribution in [3.8, 4) is 0 Å². The van der Waals surface area contributed by atoms with Gasteiger partial charge in [-0.25, -0.2) is 8.42 Å². The second-order valence-electron chi connectivity index (χ2n) is 8.72. The number of para-hydroxylation sites is 1. The summed E-state index contributed by atoms with van der Waals surface area (Å²) in [5, 5.41) is 3.12. The number of sulfonamides is 1. The van der Waals surface area contributed by atoms with Crippen molar-refractivity contribution in [1.82, 2.24) is 10.2 Å². The first-order valence-corrected chi connectivity index (χ1v) is 14.3. The molecule has 0 fully saturated rings. The number of anilines is 1. The minimum atomic E-state index is -3.86. The van der Waals surface area contributed by atoms with Crippen LogP contribution in [0.5, 0.6) is 0 Å². The SMILES string of the molecule is CCCNC(=O)[C@H](Cc1ccccc1)N(Cc1ccccc1)C(=O)CN(c1ccccc1Cl)S(C)(=O)=O. The van der Waals surface area contributed by atoms with E-state index in [1.165, 1.54) is 4.90 Å². The number of rotatable bonds is 12. The third kappa shape index (κ3) is 8.06. The predicted octanol–water partition coefficient (Wildman–Crippen LogP) is 4.27. The normalized spacial score (nSPS) is 12.0. The Bertz CT molecular complexity index is 1290. The highest BCUT2D eigenvalue weighted by molar-refractivity contribution is 7.92. The molecule has 0 aliphatic heterocycles. The van der Waals surface area contributed by atoms with Gasteiger partial charge < -0.3 is 10.2 Å². The smallest absolute Gasteiger partial charge is 0.244 e. The van der Waals surface area contributed by atoms with Gasteiger partial charge in [-0.3, -0.25) is 13.9 Å². The minimum Gasteiger partial charge on any atom is -0.354 e. The van der Waals surface area contributed by atoms with Crippen molar-refractivity contribution < 1.29 is 18.0 Å². The Morgan fingerprint density at radius 1 is 0.892 bits per heavy atom. The molecule has 0 heterocycles. The summed E-state index contributed by atoms with van der Waals surface area (Å²) in [6, 6.07) is 24.4. The number of hydrogen-bond donors (Lipinski definition) is 1. The molecule has 3 aromatic rings. The van der Waals surface area contributed by atoms with E-state index >= 15 is 0 Å². The molecule has 0 saturated heterocycles. The van der Waals surface area contributed by atoms with Crippen LogP contribution in [0.4, 0.5) is 5.69 Å². The number of benzene rings is 3. The van der Waals surface area contributed by atoms with Gasteiger partial charge in [-0.15, -0.1) is 0 Å². The van der Waals surface area contributed by atoms with Gasteiger partial charge in [0.1, 0.15) is 12.6 Å². The molecule has 1 atom stereocenters. The fraction of sp³-hybridized carbons (Fsp3) is 0.286. The first kappa shape index (κ1) is 28.2. The summed E-state index contributed by atoms with van der Waals surface area (Å²) < 4.78 is 26.5. The van der Waals surface area contributed by atoms with E-state index in [0.717, 1.165) is 28.1 Å². The molecule has 1 N–H and O–H groups in total. The highest BCUT2D eigenvalue weighted by atomic mass is 35.5. The molecule has 0 aromatic heterocycles. The Morgan fingerprint density at radius 3 is 2.03 bits per heavy atom. The van der Waals surface area contributed by atoms with Gasteiger partial charge in [-0.1, -0.05) is 91.3 Å². The van der Waals surface area contributed by atoms with Crippen molar-refractivity contribution in [3.63, 3.8) is 0 Å². The topological polar surface area (TPSA) is 86.8 Å². The number of amides is 2. The summed E-state index contributed by atoms with van der Waals surface area (Å²) in [4.78, 5) is 28.7. The summed E-state index contributed by atoms with van der Waals surface area (Å²) in [6.07, 6.45) is 2.05. The average Bonchev–Trinajstić information content (AvgIpc) is 2.89. The molecular formula is C28H32ClN3O4S. The fourth-order valence-corrected chi connectivity index (χ4v) is 5.10. The van der Waals surface area contributed by atoms with E-state index in [1.807, 2.05) is 67.6 Å². The molecule has 0 aliphatic rings. The summed E-state index contributed by atoms with van der Waals surface area (Å²) in [6.45, 7) is 2.05. The largest absolute Gasteiger partial charge is 0.354 e. The molecule has 9 heteroatoms. The molecule has 0 radical (unpaired) electrons. The van der Waals surface area contributed by atoms with Gasteiger partial charge in [-0.05, 0) is 29.7 Å². The molecule has 0 unspecified atom stereocenters. The fourth-order valence-electron chi connectivity index (χ4n) is 3.95. The van der Waals surface area contributed by atoms with E-state index in [0.29, 0.717) is 6.54 Å². The Kier molecular flexibility index (Phi) is 10.1. The second-order valence-corrected chi connectivity index (χ2v) is 11.0. The number of halogens is 1. The van der Waals surface area contributed by atoms with Gasteiger partial charge in [-0.2, -0.15) is 0 Å². The molecule has 196 valence electrons. The summed E-state index contributed by atoms with van der Waals surface area (Å²) in [5.41, 5.74) is 1.91. The minimum absolute atomic E-state index is 0.136. The predicted molar refractivity (Wildman–Crippen MR) is 148 cm³/mol. The number of carbonyl (C=O) groups excluding carboxylic acids is 2. The van der Waals surface area contributed by atoms with Crippen molar-refractivity contribution in [2.24, 2.45) is 0 Å². The molecule has 37 heavy (non-hydrogen) atoms. The van der Waals surface area contributed by atoms with Crippen molar-refractivity contribution in [3.05, 3.63) is 101 Å². The number of hydrogen-bond acceptors (Lipinski definition) is 4. The standard InChI is InChI=1S/C28H32ClN3O4S/c1-3-18-30-28(34)26(19-22-12-6-4-7-13-22)31(20-23-14-8-5-9-15-23)27(33)21-32(37(2,35)36)25-17-11-10-16-24(25)29/h4-17,26H,3,18-21H2,1-2H3,(H,30,34)/t26-/m0/s1. The summed E-state index contributed by atoms with van der Waals surface area (Å²) in [5.74, 6) is -0.805. The lowest BCUT2D eigenvalue weighted by atomic mass is 10.0. The molecule has 0 bridgehead atoms. The van der Waals surface area contributed by atoms with Crippen LogP contribution in [0.25, 0.3) is 0 Å². The van der Waals surface area contributed by atoms with Crippen LogP contribution in [0, 0.1) is 0 Å². The quantitative estimate of drug-likeness (QED) is 0.371. The lowest BCUT2D eigenvalue weighted by Gasteiger charge is -2.33. The van der Waals surface area contributed by atoms with E-state index in [2.05, 4.69) is 5.32 Å². The third-order valence-electron chi connectivity index (χ3n) is 5.82. The first-order valence-electron chi connectivity index (χ1n) is 12.1. The lowest BCUT2D eigenvalue weighted by Crippen LogP contribution is -2.53. The van der Waals surface area contributed by atoms with Crippen molar-refractivity contribution in [1.29, 1.82) is 0 Å². The molecule has 3 rings (SSSR count). The zero-order valence-electron chi connectivity index (χ0n) is 21.0. The Labute approximate surface area is 224 Å². The van der Waals surface area contributed by atoms with Crippen LogP contribution in [0.15, 0.2) is 84.9 Å². The number of nitrogens with one attached hydrogen (secondary N) is 1. The van der Waals surface area contributed by atoms with Gasteiger partial charge in [0.05, 0.1) is 17.0 Å². The number of nitrogens with zero attached hydrogens (tertiary/aromatic N) is 2. The molecule has 0 spiro atoms. The third-order valence-corrected chi connectivity index (χ3v) is 7.26. The van der Waals surface area contributed by atoms with Crippen LogP contribution >= 0.6 is 11.6 Å². The van der Waals surface area contributed by atoms with Gasteiger partial charge in [0, 0.05) is 19.5 Å². The van der Waals surface area contributed by atoms with E-state index in [1.54, 1.807) is 24.3 Å². The Balaban J connectivity index is 2.03. The summed E-state index contributed by atoms with van der Waals surface area (Å²) in [7, 11) is -3.86. The maximum Gasteiger partial charge on any atom is 0.244 e. The maximum absolute atomic E-state index is 13.9. The van der Waals surface area contributed by atoms with Gasteiger partial charge in [0.25, 0.3) is 0 Å². The van der Waals surface area contributed by atoms with Crippen LogP contribution < -0.4 is 9.62 Å². The maximum atomic E-state index is 13.9. The molecule has 0 saturated carbocycles.